The Morgan fingerprint density at radius 2 is 1.79 bits per heavy atom. The molecule has 1 aromatic heterocycles. The molecule has 3 aromatic rings. The molecule has 4 N–H and O–H groups in total. The van der Waals surface area contributed by atoms with Gasteiger partial charge in [-0.2, -0.15) is 5.10 Å². The van der Waals surface area contributed by atoms with Crippen LogP contribution in [0.25, 0.3) is 10.4 Å². The molecule has 0 bridgehead atoms. The molecule has 9 heteroatoms. The molecule has 1 heterocycles. The van der Waals surface area contributed by atoms with Crippen molar-refractivity contribution in [2.45, 2.75) is 33.1 Å². The summed E-state index contributed by atoms with van der Waals surface area (Å²) >= 11 is 6.68. The summed E-state index contributed by atoms with van der Waals surface area (Å²) in [5.74, 6) is -0.840. The molecule has 0 atom stereocenters. The maximum absolute atomic E-state index is 11.1. The SMILES string of the molecule is CC(=NNC(=S)Nc1cccc(C(=O)O)c1)c1csc(-c2ccc(C(C)(C)C)cc2)c1O.[KH]. The standard InChI is InChI=1S/C24H25N3O3S2.K.H/c1-14(26-27-23(31)25-18-7-5-6-16(12-18)22(29)30)19-13-32-21(20(19)28)15-8-10-17(11-9-15)24(2,3)4;;/h5-13,28H,1-4H3,(H,29,30)(H2,25,27,31);;. The van der Waals surface area contributed by atoms with Gasteiger partial charge in [-0.25, -0.2) is 4.79 Å². The van der Waals surface area contributed by atoms with E-state index in [1.54, 1.807) is 19.1 Å². The normalized spacial score (nSPS) is 11.5. The van der Waals surface area contributed by atoms with Crippen LogP contribution in [-0.2, 0) is 5.41 Å². The summed E-state index contributed by atoms with van der Waals surface area (Å²) in [6, 6.07) is 14.5. The van der Waals surface area contributed by atoms with Crippen LogP contribution in [0, 0.1) is 0 Å². The zero-order chi connectivity index (χ0) is 23.5. The van der Waals surface area contributed by atoms with Crippen molar-refractivity contribution >= 4 is 97.4 Å². The van der Waals surface area contributed by atoms with E-state index in [1.807, 2.05) is 17.5 Å². The third-order valence-electron chi connectivity index (χ3n) is 4.86. The van der Waals surface area contributed by atoms with Crippen molar-refractivity contribution < 1.29 is 15.0 Å². The fraction of sp³-hybridized carbons (Fsp3) is 0.208. The summed E-state index contributed by atoms with van der Waals surface area (Å²) in [5, 5.41) is 29.1. The number of hydrazone groups is 1. The number of thiophene rings is 1. The average Bonchev–Trinajstić information content (AvgIpc) is 3.13. The number of benzene rings is 2. The first-order chi connectivity index (χ1) is 15.1. The van der Waals surface area contributed by atoms with E-state index in [0.717, 1.165) is 10.4 Å². The second-order valence-corrected chi connectivity index (χ2v) is 9.59. The molecule has 6 nitrogen and oxygen atoms in total. The minimum absolute atomic E-state index is 0. The number of carboxylic acid groups (broad SMARTS) is 1. The first-order valence-electron chi connectivity index (χ1n) is 9.92. The Morgan fingerprint density at radius 3 is 2.39 bits per heavy atom. The van der Waals surface area contributed by atoms with Crippen LogP contribution in [0.15, 0.2) is 59.0 Å². The number of rotatable bonds is 5. The molecule has 3 rings (SSSR count). The van der Waals surface area contributed by atoms with Crippen molar-refractivity contribution in [3.05, 3.63) is 70.6 Å². The van der Waals surface area contributed by atoms with Crippen molar-refractivity contribution in [1.29, 1.82) is 0 Å². The van der Waals surface area contributed by atoms with E-state index in [2.05, 4.69) is 48.7 Å². The maximum atomic E-state index is 11.1. The van der Waals surface area contributed by atoms with Gasteiger partial charge in [0.25, 0.3) is 0 Å². The van der Waals surface area contributed by atoms with Crippen LogP contribution in [0.3, 0.4) is 0 Å². The van der Waals surface area contributed by atoms with Gasteiger partial charge in [0.2, 0.25) is 0 Å². The molecule has 0 unspecified atom stereocenters. The predicted molar refractivity (Wildman–Crippen MR) is 142 cm³/mol. The van der Waals surface area contributed by atoms with Crippen LogP contribution < -0.4 is 10.7 Å². The molecule has 0 spiro atoms. The third kappa shape index (κ3) is 7.19. The number of hydrogen-bond acceptors (Lipinski definition) is 5. The number of carboxylic acids is 1. The van der Waals surface area contributed by atoms with Gasteiger partial charge in [0.05, 0.1) is 21.7 Å². The number of aromatic carboxylic acids is 1. The summed E-state index contributed by atoms with van der Waals surface area (Å²) < 4.78 is 0. The molecule has 0 amide bonds. The fourth-order valence-corrected chi connectivity index (χ4v) is 4.19. The van der Waals surface area contributed by atoms with Crippen molar-refractivity contribution in [2.24, 2.45) is 5.10 Å². The molecule has 0 aliphatic heterocycles. The van der Waals surface area contributed by atoms with E-state index in [9.17, 15) is 9.90 Å². The zero-order valence-corrected chi connectivity index (χ0v) is 19.9. The minimum atomic E-state index is -1.02. The Labute approximate surface area is 245 Å². The van der Waals surface area contributed by atoms with Gasteiger partial charge in [0.1, 0.15) is 5.75 Å². The Bertz CT molecular complexity index is 1180. The van der Waals surface area contributed by atoms with Crippen LogP contribution in [0.5, 0.6) is 5.75 Å². The first kappa shape index (κ1) is 27.6. The van der Waals surface area contributed by atoms with Crippen LogP contribution >= 0.6 is 23.6 Å². The number of nitrogens with zero attached hydrogens (tertiary/aromatic N) is 1. The molecule has 0 fully saturated rings. The van der Waals surface area contributed by atoms with Crippen LogP contribution in [0.4, 0.5) is 5.69 Å². The molecule has 33 heavy (non-hydrogen) atoms. The molecule has 0 aliphatic carbocycles. The summed E-state index contributed by atoms with van der Waals surface area (Å²) in [7, 11) is 0. The fourth-order valence-electron chi connectivity index (χ4n) is 3.02. The van der Waals surface area contributed by atoms with Gasteiger partial charge in [-0.3, -0.25) is 5.43 Å². The van der Waals surface area contributed by atoms with Gasteiger partial charge in [-0.15, -0.1) is 11.3 Å². The quantitative estimate of drug-likeness (QED) is 0.165. The second-order valence-electron chi connectivity index (χ2n) is 8.30. The molecule has 0 radical (unpaired) electrons. The average molecular weight is 508 g/mol. The van der Waals surface area contributed by atoms with Gasteiger partial charge in [-0.05, 0) is 53.9 Å². The Kier molecular flexibility index (Phi) is 9.80. The number of nitrogens with one attached hydrogen (secondary N) is 2. The van der Waals surface area contributed by atoms with Crippen molar-refractivity contribution in [1.82, 2.24) is 5.43 Å². The topological polar surface area (TPSA) is 94.0 Å². The zero-order valence-electron chi connectivity index (χ0n) is 18.3. The number of anilines is 1. The van der Waals surface area contributed by atoms with Gasteiger partial charge >= 0.3 is 57.4 Å². The van der Waals surface area contributed by atoms with Gasteiger partial charge in [-0.1, -0.05) is 51.1 Å². The summed E-state index contributed by atoms with van der Waals surface area (Å²) in [4.78, 5) is 11.9. The van der Waals surface area contributed by atoms with Crippen LogP contribution in [-0.4, -0.2) is 78.4 Å². The van der Waals surface area contributed by atoms with E-state index in [4.69, 9.17) is 17.3 Å². The first-order valence-corrected chi connectivity index (χ1v) is 11.2. The molecular formula is C24H26KN3O3S2. The van der Waals surface area contributed by atoms with E-state index in [-0.39, 0.29) is 73.2 Å². The monoisotopic (exact) mass is 507 g/mol. The van der Waals surface area contributed by atoms with Gasteiger partial charge in [0.15, 0.2) is 5.11 Å². The summed E-state index contributed by atoms with van der Waals surface area (Å²) in [5.41, 5.74) is 6.86. The molecule has 2 aromatic carbocycles. The van der Waals surface area contributed by atoms with Crippen molar-refractivity contribution in [3.8, 4) is 16.2 Å². The Balaban J connectivity index is 0.00000385. The van der Waals surface area contributed by atoms with E-state index < -0.39 is 5.97 Å². The number of thiocarbonyl (C=S) groups is 1. The van der Waals surface area contributed by atoms with Crippen molar-refractivity contribution in [2.75, 3.05) is 5.32 Å². The predicted octanol–water partition coefficient (Wildman–Crippen LogP) is 5.18. The van der Waals surface area contributed by atoms with Gasteiger partial charge < -0.3 is 15.5 Å². The van der Waals surface area contributed by atoms with Crippen molar-refractivity contribution in [3.63, 3.8) is 0 Å². The second kappa shape index (κ2) is 11.7. The third-order valence-corrected chi connectivity index (χ3v) is 6.07. The van der Waals surface area contributed by atoms with E-state index in [0.29, 0.717) is 17.0 Å². The summed E-state index contributed by atoms with van der Waals surface area (Å²) in [6.45, 7) is 8.27. The summed E-state index contributed by atoms with van der Waals surface area (Å²) in [6.07, 6.45) is 0. The van der Waals surface area contributed by atoms with Gasteiger partial charge in [0, 0.05) is 11.1 Å². The molecule has 0 aliphatic rings. The molecular weight excluding hydrogens is 482 g/mol. The van der Waals surface area contributed by atoms with Crippen LogP contribution in [0.1, 0.15) is 49.2 Å². The molecule has 0 saturated carbocycles. The molecule has 0 saturated heterocycles. The van der Waals surface area contributed by atoms with Crippen LogP contribution in [0.2, 0.25) is 0 Å². The molecule has 168 valence electrons. The van der Waals surface area contributed by atoms with E-state index >= 15 is 0 Å². The number of aromatic hydroxyl groups is 1. The number of carbonyl (C=O) groups is 1. The Morgan fingerprint density at radius 1 is 1.12 bits per heavy atom. The Hall–Kier alpha value is -1.59. The number of hydrogen-bond donors (Lipinski definition) is 4. The van der Waals surface area contributed by atoms with E-state index in [1.165, 1.54) is 29.0 Å².